The van der Waals surface area contributed by atoms with Gasteiger partial charge in [-0.05, 0) is 12.1 Å². The molecule has 0 saturated carbocycles. The van der Waals surface area contributed by atoms with E-state index in [9.17, 15) is 4.79 Å². The van der Waals surface area contributed by atoms with Gasteiger partial charge in [-0.15, -0.1) is 0 Å². The van der Waals surface area contributed by atoms with Crippen molar-refractivity contribution < 1.29 is 4.79 Å². The van der Waals surface area contributed by atoms with E-state index < -0.39 is 5.50 Å². The molecule has 2 heterocycles. The molecule has 1 aromatic carbocycles. The third-order valence-electron chi connectivity index (χ3n) is 2.65. The summed E-state index contributed by atoms with van der Waals surface area (Å²) < 4.78 is 0. The highest BCUT2D eigenvalue weighted by molar-refractivity contribution is 6.40. The molecular weight excluding hydrogens is 249 g/mol. The van der Waals surface area contributed by atoms with Crippen molar-refractivity contribution in [2.45, 2.75) is 12.0 Å². The van der Waals surface area contributed by atoms with Crippen LogP contribution in [-0.4, -0.2) is 17.4 Å². The van der Waals surface area contributed by atoms with Crippen molar-refractivity contribution in [3.8, 4) is 0 Å². The zero-order valence-electron chi connectivity index (χ0n) is 8.08. The number of alkyl halides is 1. The number of hydrogen-bond acceptors (Lipinski definition) is 3. The molecule has 82 valence electrons. The molecule has 1 fully saturated rings. The van der Waals surface area contributed by atoms with Crippen LogP contribution in [0.3, 0.4) is 0 Å². The van der Waals surface area contributed by atoms with E-state index in [0.717, 1.165) is 11.3 Å². The summed E-state index contributed by atoms with van der Waals surface area (Å²) in [6.07, 6.45) is 0. The first kappa shape index (κ1) is 9.93. The number of anilines is 1. The van der Waals surface area contributed by atoms with Crippen molar-refractivity contribution in [3.63, 3.8) is 0 Å². The van der Waals surface area contributed by atoms with Crippen LogP contribution in [0.2, 0.25) is 5.02 Å². The first-order valence-corrected chi connectivity index (χ1v) is 5.56. The average molecular weight is 256 g/mol. The molecule has 1 unspecified atom stereocenters. The van der Waals surface area contributed by atoms with Crippen LogP contribution in [0.4, 0.5) is 5.69 Å². The molecule has 1 aromatic rings. The van der Waals surface area contributed by atoms with Gasteiger partial charge in [-0.2, -0.15) is 0 Å². The molecule has 2 aliphatic rings. The van der Waals surface area contributed by atoms with Crippen molar-refractivity contribution in [3.05, 3.63) is 28.8 Å². The predicted molar refractivity (Wildman–Crippen MR) is 62.9 cm³/mol. The van der Waals surface area contributed by atoms with Gasteiger partial charge < -0.3 is 0 Å². The van der Waals surface area contributed by atoms with Crippen LogP contribution in [0.25, 0.3) is 0 Å². The summed E-state index contributed by atoms with van der Waals surface area (Å²) >= 11 is 12.1. The van der Waals surface area contributed by atoms with Gasteiger partial charge in [0.15, 0.2) is 5.50 Å². The van der Waals surface area contributed by atoms with Crippen molar-refractivity contribution in [2.24, 2.45) is 4.99 Å². The molecule has 0 aromatic heterocycles. The standard InChI is InChI=1S/C10H7Cl2N3O/c11-6-2-1-3-7-5(6)4-13-10-14-9(16)8(12)15(7)10/h1-3,8H,4H2,(H,13,14,16). The predicted octanol–water partition coefficient (Wildman–Crippen LogP) is 1.71. The third-order valence-corrected chi connectivity index (χ3v) is 3.39. The summed E-state index contributed by atoms with van der Waals surface area (Å²) in [5.74, 6) is 0.244. The number of hydrogen-bond donors (Lipinski definition) is 1. The van der Waals surface area contributed by atoms with E-state index in [4.69, 9.17) is 23.2 Å². The lowest BCUT2D eigenvalue weighted by molar-refractivity contribution is -0.118. The van der Waals surface area contributed by atoms with Crippen LogP contribution in [0.15, 0.2) is 23.2 Å². The molecule has 4 nitrogen and oxygen atoms in total. The van der Waals surface area contributed by atoms with E-state index in [-0.39, 0.29) is 5.91 Å². The second-order valence-corrected chi connectivity index (χ2v) is 4.39. The summed E-state index contributed by atoms with van der Waals surface area (Å²) in [5, 5.41) is 3.27. The van der Waals surface area contributed by atoms with E-state index in [0.29, 0.717) is 17.5 Å². The molecule has 0 aliphatic carbocycles. The van der Waals surface area contributed by atoms with Crippen LogP contribution in [0.1, 0.15) is 5.56 Å². The highest BCUT2D eigenvalue weighted by Gasteiger charge is 2.39. The molecule has 6 heteroatoms. The maximum atomic E-state index is 11.4. The Morgan fingerprint density at radius 1 is 1.50 bits per heavy atom. The maximum Gasteiger partial charge on any atom is 0.265 e. The second kappa shape index (κ2) is 3.37. The van der Waals surface area contributed by atoms with E-state index in [1.165, 1.54) is 0 Å². The molecule has 1 amide bonds. The average Bonchev–Trinajstić information content (AvgIpc) is 2.56. The fraction of sp³-hybridized carbons (Fsp3) is 0.200. The maximum absolute atomic E-state index is 11.4. The number of aliphatic imine (C=N–C) groups is 1. The van der Waals surface area contributed by atoms with E-state index in [1.807, 2.05) is 12.1 Å². The van der Waals surface area contributed by atoms with E-state index >= 15 is 0 Å². The number of benzene rings is 1. The SMILES string of the molecule is O=C1NC2=NCc3c(Cl)cccc3N2C1Cl. The summed E-state index contributed by atoms with van der Waals surface area (Å²) in [6.45, 7) is 0.463. The van der Waals surface area contributed by atoms with Gasteiger partial charge in [0.1, 0.15) is 0 Å². The summed E-state index contributed by atoms with van der Waals surface area (Å²) in [6, 6.07) is 5.51. The van der Waals surface area contributed by atoms with Crippen LogP contribution >= 0.6 is 23.2 Å². The van der Waals surface area contributed by atoms with Gasteiger partial charge in [-0.3, -0.25) is 15.0 Å². The Bertz CT molecular complexity index is 515. The van der Waals surface area contributed by atoms with Gasteiger partial charge in [0, 0.05) is 10.6 Å². The fourth-order valence-electron chi connectivity index (χ4n) is 1.89. The minimum atomic E-state index is -0.753. The molecule has 1 N–H and O–H groups in total. The summed E-state index contributed by atoms with van der Waals surface area (Å²) in [5.41, 5.74) is 0.988. The van der Waals surface area contributed by atoms with Crippen LogP contribution in [-0.2, 0) is 11.3 Å². The number of carbonyl (C=O) groups is 1. The van der Waals surface area contributed by atoms with E-state index in [1.54, 1.807) is 11.0 Å². The van der Waals surface area contributed by atoms with Gasteiger partial charge in [0.2, 0.25) is 5.96 Å². The number of carbonyl (C=O) groups excluding carboxylic acids is 1. The monoisotopic (exact) mass is 255 g/mol. The van der Waals surface area contributed by atoms with Crippen molar-refractivity contribution in [1.29, 1.82) is 0 Å². The van der Waals surface area contributed by atoms with Gasteiger partial charge >= 0.3 is 0 Å². The zero-order valence-corrected chi connectivity index (χ0v) is 9.59. The highest BCUT2D eigenvalue weighted by Crippen LogP contribution is 2.34. The first-order chi connectivity index (χ1) is 7.68. The van der Waals surface area contributed by atoms with Gasteiger partial charge in [0.25, 0.3) is 5.91 Å². The normalized spacial score (nSPS) is 22.4. The zero-order chi connectivity index (χ0) is 11.3. The van der Waals surface area contributed by atoms with Crippen LogP contribution < -0.4 is 10.2 Å². The number of amides is 1. The lowest BCUT2D eigenvalue weighted by Crippen LogP contribution is -2.35. The molecule has 1 saturated heterocycles. The largest absolute Gasteiger partial charge is 0.293 e. The molecule has 16 heavy (non-hydrogen) atoms. The quantitative estimate of drug-likeness (QED) is 0.567. The van der Waals surface area contributed by atoms with Gasteiger partial charge in [-0.25, -0.2) is 4.99 Å². The number of nitrogens with zero attached hydrogens (tertiary/aromatic N) is 2. The van der Waals surface area contributed by atoms with Gasteiger partial charge in [-0.1, -0.05) is 29.3 Å². The Labute approximate surface area is 102 Å². The minimum Gasteiger partial charge on any atom is -0.293 e. The fourth-order valence-corrected chi connectivity index (χ4v) is 2.37. The van der Waals surface area contributed by atoms with Crippen LogP contribution in [0, 0.1) is 0 Å². The first-order valence-electron chi connectivity index (χ1n) is 4.74. The van der Waals surface area contributed by atoms with Gasteiger partial charge in [0.05, 0.1) is 12.2 Å². The molecular formula is C10H7Cl2N3O. The van der Waals surface area contributed by atoms with E-state index in [2.05, 4.69) is 10.3 Å². The number of halogens is 2. The van der Waals surface area contributed by atoms with Crippen LogP contribution in [0.5, 0.6) is 0 Å². The Balaban J connectivity index is 2.17. The topological polar surface area (TPSA) is 44.7 Å². The Kier molecular flexibility index (Phi) is 2.09. The summed E-state index contributed by atoms with van der Waals surface area (Å²) in [4.78, 5) is 17.3. The Hall–Kier alpha value is -1.26. The molecule has 0 bridgehead atoms. The van der Waals surface area contributed by atoms with Crippen molar-refractivity contribution >= 4 is 40.8 Å². The number of fused-ring (bicyclic) bond motifs is 3. The van der Waals surface area contributed by atoms with Crippen molar-refractivity contribution in [2.75, 3.05) is 4.90 Å². The lowest BCUT2D eigenvalue weighted by atomic mass is 10.1. The lowest BCUT2D eigenvalue weighted by Gasteiger charge is -2.26. The smallest absolute Gasteiger partial charge is 0.265 e. The molecule has 1 atom stereocenters. The molecule has 2 aliphatic heterocycles. The highest BCUT2D eigenvalue weighted by atomic mass is 35.5. The molecule has 0 spiro atoms. The summed E-state index contributed by atoms with van der Waals surface area (Å²) in [7, 11) is 0. The minimum absolute atomic E-state index is 0.256. The Morgan fingerprint density at radius 3 is 3.12 bits per heavy atom. The molecule has 3 rings (SSSR count). The number of rotatable bonds is 0. The van der Waals surface area contributed by atoms with Crippen molar-refractivity contribution in [1.82, 2.24) is 5.32 Å². The Morgan fingerprint density at radius 2 is 2.31 bits per heavy atom. The third kappa shape index (κ3) is 1.23. The second-order valence-electron chi connectivity index (χ2n) is 3.57. The number of guanidine groups is 1. The molecule has 0 radical (unpaired) electrons. The number of nitrogens with one attached hydrogen (secondary N) is 1.